The smallest absolute Gasteiger partial charge is 0.264 e. The van der Waals surface area contributed by atoms with Gasteiger partial charge in [-0.3, -0.25) is 9.10 Å². The summed E-state index contributed by atoms with van der Waals surface area (Å²) in [5, 5.41) is 3.09. The van der Waals surface area contributed by atoms with Crippen LogP contribution in [0.25, 0.3) is 0 Å². The fraction of sp³-hybridized carbons (Fsp3) is 0.269. The molecule has 1 unspecified atom stereocenters. The van der Waals surface area contributed by atoms with Gasteiger partial charge in [-0.15, -0.1) is 0 Å². The monoisotopic (exact) mass is 462 g/mol. The van der Waals surface area contributed by atoms with Crippen LogP contribution in [-0.4, -0.2) is 34.0 Å². The van der Waals surface area contributed by atoms with Crippen LogP contribution in [0.2, 0.25) is 0 Å². The first-order valence-electron chi connectivity index (χ1n) is 11.1. The lowest BCUT2D eigenvalue weighted by Gasteiger charge is -2.26. The molecule has 1 amide bonds. The number of aryl methyl sites for hydroxylation is 1. The van der Waals surface area contributed by atoms with Crippen LogP contribution in [0, 0.1) is 0 Å². The van der Waals surface area contributed by atoms with Crippen molar-refractivity contribution < 1.29 is 17.9 Å². The van der Waals surface area contributed by atoms with Gasteiger partial charge in [0, 0.05) is 12.6 Å². The average Bonchev–Trinajstić information content (AvgIpc) is 3.28. The number of anilines is 1. The summed E-state index contributed by atoms with van der Waals surface area (Å²) in [4.78, 5) is 13.3. The highest BCUT2D eigenvalue weighted by Crippen LogP contribution is 2.34. The molecule has 2 aliphatic rings. The van der Waals surface area contributed by atoms with Crippen LogP contribution in [0.4, 0.5) is 5.69 Å². The van der Waals surface area contributed by atoms with E-state index in [1.165, 1.54) is 34.7 Å². The van der Waals surface area contributed by atoms with E-state index in [0.29, 0.717) is 24.4 Å². The molecule has 0 aromatic heterocycles. The van der Waals surface area contributed by atoms with E-state index in [1.54, 1.807) is 6.07 Å². The van der Waals surface area contributed by atoms with Gasteiger partial charge in [-0.2, -0.15) is 0 Å². The number of para-hydroxylation sites is 1. The van der Waals surface area contributed by atoms with Gasteiger partial charge in [0.05, 0.1) is 23.3 Å². The van der Waals surface area contributed by atoms with Crippen LogP contribution < -0.4 is 14.4 Å². The molecular formula is C26H26N2O4S. The van der Waals surface area contributed by atoms with E-state index in [-0.39, 0.29) is 22.4 Å². The van der Waals surface area contributed by atoms with E-state index in [1.807, 2.05) is 36.4 Å². The van der Waals surface area contributed by atoms with Crippen molar-refractivity contribution in [2.45, 2.75) is 36.6 Å². The van der Waals surface area contributed by atoms with E-state index in [2.05, 4.69) is 17.4 Å². The van der Waals surface area contributed by atoms with Gasteiger partial charge in [0.25, 0.3) is 15.9 Å². The Hall–Kier alpha value is -3.32. The van der Waals surface area contributed by atoms with Gasteiger partial charge in [0.1, 0.15) is 5.75 Å². The van der Waals surface area contributed by atoms with Crippen molar-refractivity contribution in [3.63, 3.8) is 0 Å². The third-order valence-electron chi connectivity index (χ3n) is 6.53. The van der Waals surface area contributed by atoms with Crippen molar-refractivity contribution in [2.75, 3.05) is 18.0 Å². The first-order valence-corrected chi connectivity index (χ1v) is 12.6. The van der Waals surface area contributed by atoms with Gasteiger partial charge in [0.2, 0.25) is 0 Å². The summed E-state index contributed by atoms with van der Waals surface area (Å²) in [5.41, 5.74) is 4.49. The number of nitrogens with zero attached hydrogens (tertiary/aromatic N) is 1. The van der Waals surface area contributed by atoms with Crippen molar-refractivity contribution in [3.05, 3.63) is 89.0 Å². The number of amides is 1. The summed E-state index contributed by atoms with van der Waals surface area (Å²) in [7, 11) is -2.33. The van der Waals surface area contributed by atoms with E-state index >= 15 is 0 Å². The molecule has 5 rings (SSSR count). The summed E-state index contributed by atoms with van der Waals surface area (Å²) in [5.74, 6) is 0.0274. The average molecular weight is 463 g/mol. The van der Waals surface area contributed by atoms with Gasteiger partial charge >= 0.3 is 0 Å². The summed E-state index contributed by atoms with van der Waals surface area (Å²) in [6.45, 7) is 0.386. The number of rotatable bonds is 5. The lowest BCUT2D eigenvalue weighted by Crippen LogP contribution is -2.39. The third-order valence-corrected chi connectivity index (χ3v) is 8.34. The molecule has 33 heavy (non-hydrogen) atoms. The largest absolute Gasteiger partial charge is 0.496 e. The molecule has 0 saturated carbocycles. The third kappa shape index (κ3) is 3.97. The summed E-state index contributed by atoms with van der Waals surface area (Å²) >= 11 is 0. The molecule has 1 atom stereocenters. The number of benzene rings is 3. The predicted molar refractivity (Wildman–Crippen MR) is 127 cm³/mol. The molecule has 0 spiro atoms. The second kappa shape index (κ2) is 8.56. The maximum atomic E-state index is 13.5. The number of carbonyl (C=O) groups is 1. The second-order valence-electron chi connectivity index (χ2n) is 8.50. The van der Waals surface area contributed by atoms with E-state index < -0.39 is 10.0 Å². The summed E-state index contributed by atoms with van der Waals surface area (Å²) in [6.07, 6.45) is 3.17. The molecule has 1 aliphatic carbocycles. The Bertz CT molecular complexity index is 1320. The first kappa shape index (κ1) is 21.5. The van der Waals surface area contributed by atoms with Crippen LogP contribution in [0.15, 0.2) is 71.6 Å². The SMILES string of the molecule is COc1ccc(S(=O)(=O)N2CCc3ccccc32)cc1C(=O)NC1CCc2ccccc2C1. The molecule has 1 heterocycles. The standard InChI is InChI=1S/C26H26N2O4S/c1-32-25-13-12-22(33(30,31)28-15-14-19-7-4-5-9-24(19)28)17-23(25)26(29)27-21-11-10-18-6-2-3-8-20(18)16-21/h2-9,12-13,17,21H,10-11,14-16H2,1H3,(H,27,29). The lowest BCUT2D eigenvalue weighted by molar-refractivity contribution is 0.0930. The minimum Gasteiger partial charge on any atom is -0.496 e. The molecule has 1 N–H and O–H groups in total. The number of sulfonamides is 1. The highest BCUT2D eigenvalue weighted by atomic mass is 32.2. The molecule has 170 valence electrons. The number of carbonyl (C=O) groups excluding carboxylic acids is 1. The number of hydrogen-bond acceptors (Lipinski definition) is 4. The fourth-order valence-electron chi connectivity index (χ4n) is 4.79. The predicted octanol–water partition coefficient (Wildman–Crippen LogP) is 3.73. The lowest BCUT2D eigenvalue weighted by atomic mass is 9.88. The Morgan fingerprint density at radius 1 is 0.970 bits per heavy atom. The molecule has 3 aromatic rings. The highest BCUT2D eigenvalue weighted by molar-refractivity contribution is 7.92. The number of ether oxygens (including phenoxy) is 1. The van der Waals surface area contributed by atoms with Crippen LogP contribution in [-0.2, 0) is 29.3 Å². The summed E-state index contributed by atoms with van der Waals surface area (Å²) in [6, 6.07) is 20.3. The zero-order valence-corrected chi connectivity index (χ0v) is 19.3. The Morgan fingerprint density at radius 3 is 2.48 bits per heavy atom. The second-order valence-corrected chi connectivity index (χ2v) is 10.4. The Morgan fingerprint density at radius 2 is 1.70 bits per heavy atom. The Labute approximate surface area is 194 Å². The number of methoxy groups -OCH3 is 1. The Balaban J connectivity index is 1.41. The van der Waals surface area contributed by atoms with Gasteiger partial charge in [-0.1, -0.05) is 42.5 Å². The molecule has 6 nitrogen and oxygen atoms in total. The van der Waals surface area contributed by atoms with Crippen molar-refractivity contribution in [2.24, 2.45) is 0 Å². The van der Waals surface area contributed by atoms with E-state index in [0.717, 1.165) is 24.8 Å². The van der Waals surface area contributed by atoms with Gasteiger partial charge in [-0.05, 0) is 66.6 Å². The van der Waals surface area contributed by atoms with Crippen LogP contribution >= 0.6 is 0 Å². The number of nitrogens with one attached hydrogen (secondary N) is 1. The molecule has 7 heteroatoms. The van der Waals surface area contributed by atoms with Crippen molar-refractivity contribution in [3.8, 4) is 5.75 Å². The molecule has 0 fully saturated rings. The van der Waals surface area contributed by atoms with Gasteiger partial charge < -0.3 is 10.1 Å². The first-order chi connectivity index (χ1) is 16.0. The molecule has 1 aliphatic heterocycles. The fourth-order valence-corrected chi connectivity index (χ4v) is 6.32. The quantitative estimate of drug-likeness (QED) is 0.627. The maximum absolute atomic E-state index is 13.5. The molecule has 0 saturated heterocycles. The Kier molecular flexibility index (Phi) is 5.58. The van der Waals surface area contributed by atoms with E-state index in [9.17, 15) is 13.2 Å². The van der Waals surface area contributed by atoms with Crippen molar-refractivity contribution in [1.82, 2.24) is 5.32 Å². The minimum atomic E-state index is -3.81. The normalized spacial score (nSPS) is 17.2. The molecule has 3 aromatic carbocycles. The van der Waals surface area contributed by atoms with Crippen molar-refractivity contribution >= 4 is 21.6 Å². The summed E-state index contributed by atoms with van der Waals surface area (Å²) < 4.78 is 33.7. The van der Waals surface area contributed by atoms with E-state index in [4.69, 9.17) is 4.74 Å². The molecule has 0 bridgehead atoms. The maximum Gasteiger partial charge on any atom is 0.264 e. The van der Waals surface area contributed by atoms with Crippen LogP contribution in [0.1, 0.15) is 33.5 Å². The van der Waals surface area contributed by atoms with Crippen molar-refractivity contribution in [1.29, 1.82) is 0 Å². The number of hydrogen-bond donors (Lipinski definition) is 1. The molecular weight excluding hydrogens is 436 g/mol. The van der Waals surface area contributed by atoms with Crippen LogP contribution in [0.5, 0.6) is 5.75 Å². The highest BCUT2D eigenvalue weighted by Gasteiger charge is 2.32. The zero-order valence-electron chi connectivity index (χ0n) is 18.5. The van der Waals surface area contributed by atoms with Gasteiger partial charge in [0.15, 0.2) is 0 Å². The topological polar surface area (TPSA) is 75.7 Å². The zero-order chi connectivity index (χ0) is 23.0. The van der Waals surface area contributed by atoms with Gasteiger partial charge in [-0.25, -0.2) is 8.42 Å². The molecule has 0 radical (unpaired) electrons. The number of fused-ring (bicyclic) bond motifs is 2. The minimum absolute atomic E-state index is 0.0113. The van der Waals surface area contributed by atoms with Crippen LogP contribution in [0.3, 0.4) is 0 Å².